The van der Waals surface area contributed by atoms with Gasteiger partial charge in [-0.3, -0.25) is 9.59 Å². The molecule has 2 N–H and O–H groups in total. The highest BCUT2D eigenvalue weighted by Gasteiger charge is 2.09. The fraction of sp³-hybridized carbons (Fsp3) is 0.182. The minimum atomic E-state index is -0.217. The van der Waals surface area contributed by atoms with Crippen molar-refractivity contribution in [3.63, 3.8) is 0 Å². The third-order valence-corrected chi connectivity index (χ3v) is 4.69. The summed E-state index contributed by atoms with van der Waals surface area (Å²) in [6.45, 7) is 4.75. The Balaban J connectivity index is 1.60. The van der Waals surface area contributed by atoms with E-state index in [-0.39, 0.29) is 11.8 Å². The van der Waals surface area contributed by atoms with Crippen molar-refractivity contribution in [3.05, 3.63) is 76.5 Å². The quantitative estimate of drug-likeness (QED) is 0.572. The zero-order valence-electron chi connectivity index (χ0n) is 15.8. The lowest BCUT2D eigenvalue weighted by Gasteiger charge is -2.11. The van der Waals surface area contributed by atoms with Crippen molar-refractivity contribution in [3.8, 4) is 5.75 Å². The Hall–Kier alpha value is -3.12. The van der Waals surface area contributed by atoms with Crippen LogP contribution < -0.4 is 15.4 Å². The average molecular weight is 394 g/mol. The Morgan fingerprint density at radius 2 is 1.61 bits per heavy atom. The van der Waals surface area contributed by atoms with Gasteiger partial charge in [0, 0.05) is 16.9 Å². The van der Waals surface area contributed by atoms with Crippen molar-refractivity contribution < 1.29 is 14.3 Å². The summed E-state index contributed by atoms with van der Waals surface area (Å²) < 4.78 is 5.67. The summed E-state index contributed by atoms with van der Waals surface area (Å²) in [5, 5.41) is 7.54. The summed E-state index contributed by atoms with van der Waals surface area (Å²) >= 11 is 1.39. The summed E-state index contributed by atoms with van der Waals surface area (Å²) in [5.41, 5.74) is 1.84. The highest BCUT2D eigenvalue weighted by Crippen LogP contribution is 2.19. The van der Waals surface area contributed by atoms with Crippen LogP contribution >= 0.6 is 11.3 Å². The molecular formula is C22H22N2O3S. The summed E-state index contributed by atoms with van der Waals surface area (Å²) in [7, 11) is 0. The van der Waals surface area contributed by atoms with Crippen LogP contribution in [0, 0.1) is 5.92 Å². The molecule has 6 heteroatoms. The van der Waals surface area contributed by atoms with E-state index in [0.29, 0.717) is 40.1 Å². The number of amides is 2. The van der Waals surface area contributed by atoms with E-state index in [1.165, 1.54) is 11.3 Å². The average Bonchev–Trinajstić information content (AvgIpc) is 3.23. The minimum Gasteiger partial charge on any atom is -0.493 e. The summed E-state index contributed by atoms with van der Waals surface area (Å²) in [4.78, 5) is 25.2. The van der Waals surface area contributed by atoms with Crippen LogP contribution in [0.1, 0.15) is 33.9 Å². The summed E-state index contributed by atoms with van der Waals surface area (Å²) in [5.74, 6) is 0.722. The van der Waals surface area contributed by atoms with E-state index in [4.69, 9.17) is 4.74 Å². The van der Waals surface area contributed by atoms with Gasteiger partial charge in [0.15, 0.2) is 0 Å². The first-order valence-electron chi connectivity index (χ1n) is 9.00. The van der Waals surface area contributed by atoms with Crippen molar-refractivity contribution in [2.45, 2.75) is 13.8 Å². The summed E-state index contributed by atoms with van der Waals surface area (Å²) in [6, 6.07) is 17.7. The van der Waals surface area contributed by atoms with Crippen LogP contribution in [0.5, 0.6) is 5.75 Å². The predicted molar refractivity (Wildman–Crippen MR) is 113 cm³/mol. The molecule has 0 aliphatic carbocycles. The maximum absolute atomic E-state index is 12.5. The van der Waals surface area contributed by atoms with Crippen LogP contribution in [-0.2, 0) is 0 Å². The van der Waals surface area contributed by atoms with Gasteiger partial charge < -0.3 is 15.4 Å². The largest absolute Gasteiger partial charge is 0.493 e. The minimum absolute atomic E-state index is 0.148. The first-order chi connectivity index (χ1) is 13.5. The molecule has 0 aliphatic heterocycles. The van der Waals surface area contributed by atoms with Crippen LogP contribution in [-0.4, -0.2) is 18.4 Å². The van der Waals surface area contributed by atoms with Gasteiger partial charge in [-0.25, -0.2) is 0 Å². The molecule has 144 valence electrons. The highest BCUT2D eigenvalue weighted by molar-refractivity contribution is 7.12. The van der Waals surface area contributed by atoms with Gasteiger partial charge in [-0.2, -0.15) is 0 Å². The molecule has 3 aromatic rings. The Labute approximate surface area is 168 Å². The molecular weight excluding hydrogens is 372 g/mol. The fourth-order valence-corrected chi connectivity index (χ4v) is 3.05. The first kappa shape index (κ1) is 19.6. The Kier molecular flexibility index (Phi) is 6.45. The molecule has 2 amide bonds. The van der Waals surface area contributed by atoms with E-state index in [0.717, 1.165) is 0 Å². The zero-order chi connectivity index (χ0) is 19.9. The molecule has 1 aromatic heterocycles. The SMILES string of the molecule is CC(C)COc1cccc(C(=O)Nc2ccc(NC(=O)c3cccs3)cc2)c1. The lowest BCUT2D eigenvalue weighted by Crippen LogP contribution is -2.13. The standard InChI is InChI=1S/C22H22N2O3S/c1-15(2)14-27-19-6-3-5-16(13-19)21(25)23-17-8-10-18(11-9-17)24-22(26)20-7-4-12-28-20/h3-13,15H,14H2,1-2H3,(H,23,25)(H,24,26). The second-order valence-electron chi connectivity index (χ2n) is 6.70. The van der Waals surface area contributed by atoms with Gasteiger partial charge in [0.1, 0.15) is 5.75 Å². The Bertz CT molecular complexity index is 935. The number of hydrogen-bond acceptors (Lipinski definition) is 4. The van der Waals surface area contributed by atoms with Gasteiger partial charge in [-0.1, -0.05) is 26.0 Å². The fourth-order valence-electron chi connectivity index (χ4n) is 2.43. The van der Waals surface area contributed by atoms with Crippen molar-refractivity contribution in [1.29, 1.82) is 0 Å². The van der Waals surface area contributed by atoms with Gasteiger partial charge in [0.05, 0.1) is 11.5 Å². The Morgan fingerprint density at radius 1 is 0.929 bits per heavy atom. The molecule has 5 nitrogen and oxygen atoms in total. The third kappa shape index (κ3) is 5.44. The van der Waals surface area contributed by atoms with Gasteiger partial charge in [-0.05, 0) is 59.8 Å². The molecule has 0 saturated heterocycles. The van der Waals surface area contributed by atoms with E-state index >= 15 is 0 Å². The number of nitrogens with one attached hydrogen (secondary N) is 2. The maximum Gasteiger partial charge on any atom is 0.265 e. The van der Waals surface area contributed by atoms with Crippen molar-refractivity contribution in [2.24, 2.45) is 5.92 Å². The van der Waals surface area contributed by atoms with E-state index in [1.807, 2.05) is 17.5 Å². The first-order valence-corrected chi connectivity index (χ1v) is 9.88. The molecule has 1 heterocycles. The van der Waals surface area contributed by atoms with Crippen LogP contribution in [0.3, 0.4) is 0 Å². The smallest absolute Gasteiger partial charge is 0.265 e. The number of anilines is 2. The number of thiophene rings is 1. The van der Waals surface area contributed by atoms with Gasteiger partial charge in [-0.15, -0.1) is 11.3 Å². The normalized spacial score (nSPS) is 10.5. The van der Waals surface area contributed by atoms with Crippen molar-refractivity contribution in [1.82, 2.24) is 0 Å². The molecule has 0 unspecified atom stereocenters. The van der Waals surface area contributed by atoms with Gasteiger partial charge >= 0.3 is 0 Å². The zero-order valence-corrected chi connectivity index (χ0v) is 16.6. The van der Waals surface area contributed by atoms with Crippen LogP contribution in [0.2, 0.25) is 0 Å². The number of carbonyl (C=O) groups excluding carboxylic acids is 2. The molecule has 0 fully saturated rings. The molecule has 0 atom stereocenters. The van der Waals surface area contributed by atoms with Crippen LogP contribution in [0.4, 0.5) is 11.4 Å². The van der Waals surface area contributed by atoms with Crippen LogP contribution in [0.25, 0.3) is 0 Å². The highest BCUT2D eigenvalue weighted by atomic mass is 32.1. The molecule has 0 saturated carbocycles. The number of benzene rings is 2. The molecule has 0 radical (unpaired) electrons. The second-order valence-corrected chi connectivity index (χ2v) is 7.64. The molecule has 3 rings (SSSR count). The molecule has 2 aromatic carbocycles. The Morgan fingerprint density at radius 3 is 2.21 bits per heavy atom. The third-order valence-electron chi connectivity index (χ3n) is 3.83. The monoisotopic (exact) mass is 394 g/mol. The lowest BCUT2D eigenvalue weighted by molar-refractivity contribution is 0.101. The van der Waals surface area contributed by atoms with Crippen LogP contribution in [0.15, 0.2) is 66.0 Å². The molecule has 0 spiro atoms. The molecule has 28 heavy (non-hydrogen) atoms. The summed E-state index contributed by atoms with van der Waals surface area (Å²) in [6.07, 6.45) is 0. The van der Waals surface area contributed by atoms with E-state index in [9.17, 15) is 9.59 Å². The number of ether oxygens (including phenoxy) is 1. The molecule has 0 bridgehead atoms. The van der Waals surface area contributed by atoms with Crippen molar-refractivity contribution >= 4 is 34.5 Å². The van der Waals surface area contributed by atoms with Crippen molar-refractivity contribution in [2.75, 3.05) is 17.2 Å². The van der Waals surface area contributed by atoms with E-state index in [1.54, 1.807) is 48.5 Å². The number of rotatable bonds is 7. The van der Waals surface area contributed by atoms with E-state index < -0.39 is 0 Å². The maximum atomic E-state index is 12.5. The predicted octanol–water partition coefficient (Wildman–Crippen LogP) is 5.29. The van der Waals surface area contributed by atoms with E-state index in [2.05, 4.69) is 24.5 Å². The van der Waals surface area contributed by atoms with Gasteiger partial charge in [0.2, 0.25) is 0 Å². The second kappa shape index (κ2) is 9.19. The topological polar surface area (TPSA) is 67.4 Å². The lowest BCUT2D eigenvalue weighted by atomic mass is 10.2. The van der Waals surface area contributed by atoms with Gasteiger partial charge in [0.25, 0.3) is 11.8 Å². The number of carbonyl (C=O) groups is 2. The molecule has 0 aliphatic rings. The number of hydrogen-bond donors (Lipinski definition) is 2.